The Morgan fingerprint density at radius 1 is 0.443 bits per heavy atom. The van der Waals surface area contributed by atoms with E-state index in [1.807, 2.05) is 48.5 Å². The van der Waals surface area contributed by atoms with Crippen LogP contribution in [0.5, 0.6) is 0 Å². The second kappa shape index (κ2) is 15.7. The zero-order valence-corrected chi connectivity index (χ0v) is 33.5. The Hall–Kier alpha value is -7.95. The largest absolute Gasteiger partial charge is 0.436 e. The fourth-order valence-electron chi connectivity index (χ4n) is 8.86. The van der Waals surface area contributed by atoms with Gasteiger partial charge in [0.05, 0.1) is 5.69 Å². The van der Waals surface area contributed by atoms with Crippen molar-refractivity contribution in [3.8, 4) is 11.5 Å². The first kappa shape index (κ1) is 36.2. The summed E-state index contributed by atoms with van der Waals surface area (Å²) >= 11 is 0. The number of anilines is 6. The van der Waals surface area contributed by atoms with Gasteiger partial charge in [0.15, 0.2) is 5.58 Å². The molecule has 1 aromatic heterocycles. The molecule has 0 spiro atoms. The summed E-state index contributed by atoms with van der Waals surface area (Å²) in [6.45, 7) is 0. The number of para-hydroxylation sites is 3. The van der Waals surface area contributed by atoms with E-state index >= 15 is 0 Å². The predicted molar refractivity (Wildman–Crippen MR) is 254 cm³/mol. The summed E-state index contributed by atoms with van der Waals surface area (Å²) in [6, 6.07) is 79.7. The summed E-state index contributed by atoms with van der Waals surface area (Å²) in [5.74, 6) is 0.821. The minimum atomic E-state index is 0.219. The van der Waals surface area contributed by atoms with E-state index < -0.39 is 0 Å². The van der Waals surface area contributed by atoms with Crippen LogP contribution >= 0.6 is 0 Å². The molecule has 9 aromatic carbocycles. The molecule has 4 heteroatoms. The lowest BCUT2D eigenvalue weighted by Gasteiger charge is -2.30. The average Bonchev–Trinajstić information content (AvgIpc) is 3.79. The Labute approximate surface area is 355 Å². The SMILES string of the molecule is C1=C(c2ccc3ccccc3c2)C(c2ccc(N(c3ccccc3)c3ccc(N(c4ccccc4)c4cccc5oc(-c6ccccc6)nc45)cc3)cc2)Cc2ccccc21. The van der Waals surface area contributed by atoms with Gasteiger partial charge in [-0.1, -0.05) is 140 Å². The van der Waals surface area contributed by atoms with Gasteiger partial charge in [-0.05, 0) is 136 Å². The third-order valence-corrected chi connectivity index (χ3v) is 11.9. The van der Waals surface area contributed by atoms with Gasteiger partial charge in [-0.25, -0.2) is 4.98 Å². The molecule has 1 aliphatic rings. The second-order valence-corrected chi connectivity index (χ2v) is 15.6. The van der Waals surface area contributed by atoms with Crippen molar-refractivity contribution in [1.29, 1.82) is 0 Å². The molecule has 0 fully saturated rings. The fourth-order valence-corrected chi connectivity index (χ4v) is 8.86. The van der Waals surface area contributed by atoms with Gasteiger partial charge in [0, 0.05) is 39.9 Å². The van der Waals surface area contributed by atoms with E-state index in [2.05, 4.69) is 192 Å². The molecule has 4 nitrogen and oxygen atoms in total. The molecular formula is C57H41N3O. The van der Waals surface area contributed by atoms with Crippen molar-refractivity contribution in [2.75, 3.05) is 9.80 Å². The van der Waals surface area contributed by atoms with E-state index in [-0.39, 0.29) is 5.92 Å². The van der Waals surface area contributed by atoms with Gasteiger partial charge in [-0.2, -0.15) is 0 Å². The quantitative estimate of drug-likeness (QED) is 0.146. The Morgan fingerprint density at radius 2 is 1.02 bits per heavy atom. The maximum absolute atomic E-state index is 6.32. The molecular weight excluding hydrogens is 743 g/mol. The maximum Gasteiger partial charge on any atom is 0.227 e. The molecule has 0 saturated carbocycles. The lowest BCUT2D eigenvalue weighted by atomic mass is 9.76. The number of fused-ring (bicyclic) bond motifs is 3. The highest BCUT2D eigenvalue weighted by Gasteiger charge is 2.26. The zero-order chi connectivity index (χ0) is 40.5. The standard InChI is InChI=1S/C57H41N3O/c1-4-16-42(17-5-1)57-58-56-54(25-14-26-55(56)61-57)60(48-23-8-3-9-24-48)51-35-33-50(34-36-51)59(47-21-6-2-7-22-47)49-31-29-41(30-32-49)52-38-44-19-12-13-20-45(44)39-53(52)46-28-27-40-15-10-11-18-43(40)37-46/h1-37,39,52H,38H2. The van der Waals surface area contributed by atoms with Gasteiger partial charge in [0.25, 0.3) is 0 Å². The van der Waals surface area contributed by atoms with E-state index in [4.69, 9.17) is 9.40 Å². The van der Waals surface area contributed by atoms with Crippen LogP contribution in [0, 0.1) is 0 Å². The smallest absolute Gasteiger partial charge is 0.227 e. The first-order valence-electron chi connectivity index (χ1n) is 20.9. The fraction of sp³-hybridized carbons (Fsp3) is 0.0351. The number of oxazole rings is 1. The van der Waals surface area contributed by atoms with Crippen LogP contribution in [0.2, 0.25) is 0 Å². The molecule has 1 heterocycles. The van der Waals surface area contributed by atoms with Crippen molar-refractivity contribution >= 4 is 67.6 Å². The third-order valence-electron chi connectivity index (χ3n) is 11.9. The number of allylic oxidation sites excluding steroid dienone is 1. The molecule has 0 saturated heterocycles. The van der Waals surface area contributed by atoms with Gasteiger partial charge in [0.1, 0.15) is 5.52 Å². The van der Waals surface area contributed by atoms with Crippen LogP contribution in [-0.2, 0) is 6.42 Å². The summed E-state index contributed by atoms with van der Waals surface area (Å²) in [5.41, 5.74) is 15.3. The number of nitrogens with zero attached hydrogens (tertiary/aromatic N) is 3. The zero-order valence-electron chi connectivity index (χ0n) is 33.5. The number of hydrogen-bond acceptors (Lipinski definition) is 4. The maximum atomic E-state index is 6.32. The Balaban J connectivity index is 0.960. The van der Waals surface area contributed by atoms with Crippen molar-refractivity contribution in [3.63, 3.8) is 0 Å². The first-order valence-corrected chi connectivity index (χ1v) is 20.9. The van der Waals surface area contributed by atoms with E-state index in [9.17, 15) is 0 Å². The number of aromatic nitrogens is 1. The van der Waals surface area contributed by atoms with Gasteiger partial charge in [-0.15, -0.1) is 0 Å². The predicted octanol–water partition coefficient (Wildman–Crippen LogP) is 15.5. The Morgan fingerprint density at radius 3 is 1.74 bits per heavy atom. The highest BCUT2D eigenvalue weighted by Crippen LogP contribution is 2.45. The molecule has 1 unspecified atom stereocenters. The highest BCUT2D eigenvalue weighted by atomic mass is 16.3. The molecule has 0 radical (unpaired) electrons. The van der Waals surface area contributed by atoms with Gasteiger partial charge in [0.2, 0.25) is 5.89 Å². The van der Waals surface area contributed by atoms with Crippen molar-refractivity contribution in [2.45, 2.75) is 12.3 Å². The van der Waals surface area contributed by atoms with Crippen LogP contribution in [0.1, 0.15) is 28.2 Å². The summed E-state index contributed by atoms with van der Waals surface area (Å²) in [4.78, 5) is 9.64. The molecule has 0 aliphatic heterocycles. The van der Waals surface area contributed by atoms with Gasteiger partial charge >= 0.3 is 0 Å². The van der Waals surface area contributed by atoms with Crippen LogP contribution < -0.4 is 9.80 Å². The third kappa shape index (κ3) is 6.94. The van der Waals surface area contributed by atoms with Crippen LogP contribution in [0.4, 0.5) is 34.1 Å². The minimum Gasteiger partial charge on any atom is -0.436 e. The van der Waals surface area contributed by atoms with Crippen LogP contribution in [0.25, 0.3) is 45.0 Å². The monoisotopic (exact) mass is 783 g/mol. The molecule has 11 rings (SSSR count). The van der Waals surface area contributed by atoms with E-state index in [1.54, 1.807) is 0 Å². The molecule has 0 N–H and O–H groups in total. The van der Waals surface area contributed by atoms with Crippen molar-refractivity contribution < 1.29 is 4.42 Å². The Bertz CT molecular complexity index is 3160. The van der Waals surface area contributed by atoms with E-state index in [1.165, 1.54) is 38.6 Å². The van der Waals surface area contributed by atoms with Gasteiger partial charge in [-0.3, -0.25) is 0 Å². The van der Waals surface area contributed by atoms with Crippen molar-refractivity contribution in [2.24, 2.45) is 0 Å². The lowest BCUT2D eigenvalue weighted by Crippen LogP contribution is -2.13. The minimum absolute atomic E-state index is 0.219. The summed E-state index contributed by atoms with van der Waals surface area (Å²) in [7, 11) is 0. The van der Waals surface area contributed by atoms with Gasteiger partial charge < -0.3 is 14.2 Å². The topological polar surface area (TPSA) is 32.5 Å². The van der Waals surface area contributed by atoms with E-state index in [0.717, 1.165) is 57.2 Å². The average molecular weight is 784 g/mol. The first-order chi connectivity index (χ1) is 30.2. The number of rotatable bonds is 9. The van der Waals surface area contributed by atoms with Crippen LogP contribution in [0.3, 0.4) is 0 Å². The van der Waals surface area contributed by atoms with Crippen LogP contribution in [-0.4, -0.2) is 4.98 Å². The molecule has 1 atom stereocenters. The lowest BCUT2D eigenvalue weighted by molar-refractivity contribution is 0.620. The second-order valence-electron chi connectivity index (χ2n) is 15.6. The normalized spacial score (nSPS) is 13.4. The van der Waals surface area contributed by atoms with E-state index in [0.29, 0.717) is 5.89 Å². The number of benzene rings is 9. The summed E-state index contributed by atoms with van der Waals surface area (Å²) in [5, 5.41) is 2.52. The van der Waals surface area contributed by atoms with Crippen LogP contribution in [0.15, 0.2) is 229 Å². The summed E-state index contributed by atoms with van der Waals surface area (Å²) in [6.07, 6.45) is 3.36. The summed E-state index contributed by atoms with van der Waals surface area (Å²) < 4.78 is 6.32. The molecule has 290 valence electrons. The molecule has 0 bridgehead atoms. The molecule has 61 heavy (non-hydrogen) atoms. The molecule has 10 aromatic rings. The Kier molecular flexibility index (Phi) is 9.29. The molecule has 0 amide bonds. The van der Waals surface area contributed by atoms with Crippen molar-refractivity contribution in [1.82, 2.24) is 4.98 Å². The van der Waals surface area contributed by atoms with Crippen molar-refractivity contribution in [3.05, 3.63) is 247 Å². The highest BCUT2D eigenvalue weighted by molar-refractivity contribution is 5.96. The molecule has 1 aliphatic carbocycles. The number of hydrogen-bond donors (Lipinski definition) is 0.